The lowest BCUT2D eigenvalue weighted by molar-refractivity contribution is 0.107. The molecule has 2 heterocycles. The Labute approximate surface area is 119 Å². The first-order valence-electron chi connectivity index (χ1n) is 6.79. The molecule has 0 unspecified atom stereocenters. The van der Waals surface area contributed by atoms with Crippen molar-refractivity contribution in [1.29, 1.82) is 0 Å². The molecule has 1 aliphatic rings. The van der Waals surface area contributed by atoms with Crippen LogP contribution in [0.1, 0.15) is 39.3 Å². The first kappa shape index (κ1) is 14.0. The number of rotatable bonds is 2. The highest BCUT2D eigenvalue weighted by Crippen LogP contribution is 2.34. The number of pyridine rings is 1. The maximum absolute atomic E-state index is 4.51. The molecule has 0 radical (unpaired) electrons. The molecule has 0 aromatic carbocycles. The summed E-state index contributed by atoms with van der Waals surface area (Å²) in [5, 5.41) is 0. The van der Waals surface area contributed by atoms with Gasteiger partial charge in [0, 0.05) is 6.54 Å². The highest BCUT2D eigenvalue weighted by molar-refractivity contribution is 9.10. The van der Waals surface area contributed by atoms with Gasteiger partial charge >= 0.3 is 0 Å². The molecule has 1 aromatic rings. The third-order valence-electron chi connectivity index (χ3n) is 3.97. The normalized spacial score (nSPS) is 19.1. The molecule has 2 rings (SSSR count). The third kappa shape index (κ3) is 3.79. The van der Waals surface area contributed by atoms with Crippen molar-refractivity contribution in [3.8, 4) is 0 Å². The van der Waals surface area contributed by atoms with E-state index in [1.807, 2.05) is 6.07 Å². The summed E-state index contributed by atoms with van der Waals surface area (Å²) in [6, 6.07) is 6.16. The quantitative estimate of drug-likeness (QED) is 0.764. The van der Waals surface area contributed by atoms with Crippen LogP contribution in [0.15, 0.2) is 22.8 Å². The number of hydrogen-bond acceptors (Lipinski definition) is 2. The summed E-state index contributed by atoms with van der Waals surface area (Å²) >= 11 is 3.43. The van der Waals surface area contributed by atoms with Crippen LogP contribution < -0.4 is 0 Å². The van der Waals surface area contributed by atoms with Crippen molar-refractivity contribution in [2.45, 2.75) is 40.2 Å². The van der Waals surface area contributed by atoms with E-state index >= 15 is 0 Å². The summed E-state index contributed by atoms with van der Waals surface area (Å²) in [6.45, 7) is 10.5. The maximum Gasteiger partial charge on any atom is 0.106 e. The first-order chi connectivity index (χ1) is 8.45. The minimum absolute atomic E-state index is 0.458. The molecule has 1 aromatic heterocycles. The fraction of sp³-hybridized carbons (Fsp3) is 0.667. The third-order valence-corrected chi connectivity index (χ3v) is 4.41. The summed E-state index contributed by atoms with van der Waals surface area (Å²) in [5.74, 6) is 0.865. The zero-order valence-corrected chi connectivity index (χ0v) is 13.2. The molecule has 100 valence electrons. The number of nitrogens with zero attached hydrogens (tertiary/aromatic N) is 2. The Kier molecular flexibility index (Phi) is 4.44. The zero-order valence-electron chi connectivity index (χ0n) is 11.6. The van der Waals surface area contributed by atoms with Gasteiger partial charge in [0.1, 0.15) is 4.60 Å². The van der Waals surface area contributed by atoms with E-state index in [0.717, 1.165) is 17.1 Å². The van der Waals surface area contributed by atoms with Crippen LogP contribution in [0.5, 0.6) is 0 Å². The van der Waals surface area contributed by atoms with E-state index in [-0.39, 0.29) is 0 Å². The minimum atomic E-state index is 0.458. The Morgan fingerprint density at radius 2 is 1.94 bits per heavy atom. The van der Waals surface area contributed by atoms with E-state index in [4.69, 9.17) is 0 Å². The Hall–Kier alpha value is -0.410. The summed E-state index contributed by atoms with van der Waals surface area (Å²) in [7, 11) is 0. The second-order valence-electron chi connectivity index (χ2n) is 6.37. The van der Waals surface area contributed by atoms with Crippen LogP contribution in [0.3, 0.4) is 0 Å². The number of halogens is 1. The van der Waals surface area contributed by atoms with Gasteiger partial charge in [0.15, 0.2) is 0 Å². The molecule has 0 atom stereocenters. The Morgan fingerprint density at radius 3 is 2.50 bits per heavy atom. The lowest BCUT2D eigenvalue weighted by atomic mass is 9.75. The molecule has 0 N–H and O–H groups in total. The van der Waals surface area contributed by atoms with Crippen molar-refractivity contribution < 1.29 is 0 Å². The van der Waals surface area contributed by atoms with Gasteiger partial charge in [0.05, 0.1) is 5.69 Å². The van der Waals surface area contributed by atoms with Gasteiger partial charge in [-0.3, -0.25) is 4.90 Å². The highest BCUT2D eigenvalue weighted by Gasteiger charge is 2.28. The van der Waals surface area contributed by atoms with Crippen LogP contribution in [0.25, 0.3) is 0 Å². The van der Waals surface area contributed by atoms with Gasteiger partial charge in [0.2, 0.25) is 0 Å². The summed E-state index contributed by atoms with van der Waals surface area (Å²) < 4.78 is 0.935. The lowest BCUT2D eigenvalue weighted by Gasteiger charge is -2.38. The smallest absolute Gasteiger partial charge is 0.106 e. The summed E-state index contributed by atoms with van der Waals surface area (Å²) in [5.41, 5.74) is 1.62. The van der Waals surface area contributed by atoms with E-state index in [2.05, 4.69) is 58.7 Å². The Morgan fingerprint density at radius 1 is 1.28 bits per heavy atom. The van der Waals surface area contributed by atoms with Gasteiger partial charge in [0.25, 0.3) is 0 Å². The summed E-state index contributed by atoms with van der Waals surface area (Å²) in [6.07, 6.45) is 2.63. The SMILES string of the molecule is CC(C)(C)C1CCN(Cc2cccc(Br)n2)CC1. The molecule has 0 spiro atoms. The average molecular weight is 311 g/mol. The van der Waals surface area contributed by atoms with Gasteiger partial charge in [-0.2, -0.15) is 0 Å². The second-order valence-corrected chi connectivity index (χ2v) is 7.18. The van der Waals surface area contributed by atoms with Gasteiger partial charge in [-0.25, -0.2) is 4.98 Å². The predicted molar refractivity (Wildman–Crippen MR) is 79.4 cm³/mol. The van der Waals surface area contributed by atoms with Crippen LogP contribution in [0.2, 0.25) is 0 Å². The van der Waals surface area contributed by atoms with Crippen LogP contribution in [-0.2, 0) is 6.54 Å². The highest BCUT2D eigenvalue weighted by atomic mass is 79.9. The topological polar surface area (TPSA) is 16.1 Å². The Balaban J connectivity index is 1.87. The van der Waals surface area contributed by atoms with Crippen molar-refractivity contribution in [2.24, 2.45) is 11.3 Å². The fourth-order valence-corrected chi connectivity index (χ4v) is 3.10. The molecule has 3 heteroatoms. The van der Waals surface area contributed by atoms with Crippen molar-refractivity contribution in [3.63, 3.8) is 0 Å². The van der Waals surface area contributed by atoms with Crippen molar-refractivity contribution >= 4 is 15.9 Å². The molecule has 2 nitrogen and oxygen atoms in total. The minimum Gasteiger partial charge on any atom is -0.297 e. The second kappa shape index (κ2) is 5.70. The lowest BCUT2D eigenvalue weighted by Crippen LogP contribution is -2.37. The van der Waals surface area contributed by atoms with Crippen molar-refractivity contribution in [1.82, 2.24) is 9.88 Å². The van der Waals surface area contributed by atoms with Crippen LogP contribution >= 0.6 is 15.9 Å². The molecular formula is C15H23BrN2. The molecule has 0 saturated carbocycles. The van der Waals surface area contributed by atoms with Crippen LogP contribution in [0, 0.1) is 11.3 Å². The fourth-order valence-electron chi connectivity index (χ4n) is 2.72. The van der Waals surface area contributed by atoms with Crippen LogP contribution in [-0.4, -0.2) is 23.0 Å². The van der Waals surface area contributed by atoms with E-state index in [1.165, 1.54) is 31.6 Å². The molecule has 1 aliphatic heterocycles. The number of likely N-dealkylation sites (tertiary alicyclic amines) is 1. The van der Waals surface area contributed by atoms with Gasteiger partial charge in [-0.1, -0.05) is 26.8 Å². The largest absolute Gasteiger partial charge is 0.297 e. The number of piperidine rings is 1. The molecule has 1 saturated heterocycles. The number of hydrogen-bond donors (Lipinski definition) is 0. The molecule has 0 aliphatic carbocycles. The van der Waals surface area contributed by atoms with Gasteiger partial charge in [-0.05, 0) is 65.3 Å². The van der Waals surface area contributed by atoms with E-state index in [1.54, 1.807) is 0 Å². The van der Waals surface area contributed by atoms with Gasteiger partial charge < -0.3 is 0 Å². The zero-order chi connectivity index (χ0) is 13.2. The van der Waals surface area contributed by atoms with E-state index < -0.39 is 0 Å². The maximum atomic E-state index is 4.51. The van der Waals surface area contributed by atoms with Gasteiger partial charge in [-0.15, -0.1) is 0 Å². The van der Waals surface area contributed by atoms with E-state index in [9.17, 15) is 0 Å². The molecule has 0 bridgehead atoms. The monoisotopic (exact) mass is 310 g/mol. The average Bonchev–Trinajstić information content (AvgIpc) is 2.28. The molecule has 1 fully saturated rings. The van der Waals surface area contributed by atoms with Crippen molar-refractivity contribution in [2.75, 3.05) is 13.1 Å². The summed E-state index contributed by atoms with van der Waals surface area (Å²) in [4.78, 5) is 7.03. The molecule has 18 heavy (non-hydrogen) atoms. The van der Waals surface area contributed by atoms with Crippen LogP contribution in [0.4, 0.5) is 0 Å². The predicted octanol–water partition coefficient (Wildman–Crippen LogP) is 4.10. The molecular weight excluding hydrogens is 288 g/mol. The first-order valence-corrected chi connectivity index (χ1v) is 7.58. The number of aromatic nitrogens is 1. The standard InChI is InChI=1S/C15H23BrN2/c1-15(2,3)12-7-9-18(10-8-12)11-13-5-4-6-14(16)17-13/h4-6,12H,7-11H2,1-3H3. The van der Waals surface area contributed by atoms with E-state index in [0.29, 0.717) is 5.41 Å². The Bertz CT molecular complexity index is 390. The molecule has 0 amide bonds. The van der Waals surface area contributed by atoms with Crippen molar-refractivity contribution in [3.05, 3.63) is 28.5 Å².